The zero-order valence-corrected chi connectivity index (χ0v) is 15.1. The quantitative estimate of drug-likeness (QED) is 0.851. The zero-order valence-electron chi connectivity index (χ0n) is 14.3. The number of benzene rings is 1. The third-order valence-corrected chi connectivity index (χ3v) is 5.69. The lowest BCUT2D eigenvalue weighted by Crippen LogP contribution is -2.39. The van der Waals surface area contributed by atoms with Crippen LogP contribution in [0.15, 0.2) is 18.2 Å². The minimum absolute atomic E-state index is 0.184. The van der Waals surface area contributed by atoms with Crippen LogP contribution in [0.1, 0.15) is 62.5 Å². The number of carbonyl (C=O) groups is 2. The van der Waals surface area contributed by atoms with E-state index >= 15 is 0 Å². The molecule has 0 aliphatic carbocycles. The van der Waals surface area contributed by atoms with Crippen molar-refractivity contribution >= 4 is 23.4 Å². The Morgan fingerprint density at radius 2 is 1.88 bits per heavy atom. The maximum atomic E-state index is 12.0. The summed E-state index contributed by atoms with van der Waals surface area (Å²) in [6.07, 6.45) is 3.20. The summed E-state index contributed by atoms with van der Waals surface area (Å²) in [4.78, 5) is 25.8. The van der Waals surface area contributed by atoms with Gasteiger partial charge in [-0.15, -0.1) is 0 Å². The molecular formula is C19H25ClN2O2. The highest BCUT2D eigenvalue weighted by Crippen LogP contribution is 2.36. The first-order chi connectivity index (χ1) is 11.5. The van der Waals surface area contributed by atoms with Crippen LogP contribution in [-0.4, -0.2) is 35.8 Å². The van der Waals surface area contributed by atoms with E-state index in [1.807, 2.05) is 12.1 Å². The fourth-order valence-corrected chi connectivity index (χ4v) is 4.17. The van der Waals surface area contributed by atoms with Crippen molar-refractivity contribution in [3.63, 3.8) is 0 Å². The number of halogens is 1. The first-order valence-corrected chi connectivity index (χ1v) is 9.20. The minimum Gasteiger partial charge on any atom is -0.301 e. The van der Waals surface area contributed by atoms with Crippen molar-refractivity contribution in [3.8, 4) is 0 Å². The Morgan fingerprint density at radius 1 is 1.17 bits per heavy atom. The van der Waals surface area contributed by atoms with Gasteiger partial charge in [-0.05, 0) is 69.3 Å². The summed E-state index contributed by atoms with van der Waals surface area (Å²) in [5.41, 5.74) is 2.10. The maximum Gasteiger partial charge on any atom is 0.234 e. The Bertz CT molecular complexity index is 636. The van der Waals surface area contributed by atoms with Crippen molar-refractivity contribution in [2.24, 2.45) is 0 Å². The molecule has 0 radical (unpaired) electrons. The summed E-state index contributed by atoms with van der Waals surface area (Å²) in [7, 11) is 0. The summed E-state index contributed by atoms with van der Waals surface area (Å²) >= 11 is 6.55. The summed E-state index contributed by atoms with van der Waals surface area (Å²) in [5, 5.41) is 3.16. The maximum absolute atomic E-state index is 12.0. The van der Waals surface area contributed by atoms with Gasteiger partial charge in [0.2, 0.25) is 11.8 Å². The van der Waals surface area contributed by atoms with E-state index in [2.05, 4.69) is 30.1 Å². The normalized spacial score (nSPS) is 23.6. The van der Waals surface area contributed by atoms with E-state index in [-0.39, 0.29) is 17.7 Å². The van der Waals surface area contributed by atoms with E-state index in [4.69, 9.17) is 11.6 Å². The Kier molecular flexibility index (Phi) is 5.26. The van der Waals surface area contributed by atoms with Crippen molar-refractivity contribution < 1.29 is 9.59 Å². The van der Waals surface area contributed by atoms with Crippen molar-refractivity contribution in [3.05, 3.63) is 34.3 Å². The first-order valence-electron chi connectivity index (χ1n) is 8.82. The Balaban J connectivity index is 1.71. The first kappa shape index (κ1) is 17.4. The van der Waals surface area contributed by atoms with Crippen LogP contribution in [0.25, 0.3) is 0 Å². The highest BCUT2D eigenvalue weighted by molar-refractivity contribution is 6.31. The van der Waals surface area contributed by atoms with Gasteiger partial charge in [-0.1, -0.05) is 23.7 Å². The predicted octanol–water partition coefficient (Wildman–Crippen LogP) is 3.45. The predicted molar refractivity (Wildman–Crippen MR) is 95.3 cm³/mol. The largest absolute Gasteiger partial charge is 0.301 e. The molecule has 0 aromatic heterocycles. The molecule has 3 rings (SSSR count). The van der Waals surface area contributed by atoms with E-state index in [9.17, 15) is 9.59 Å². The standard InChI is InChI=1S/C19H25ClN2O2/c1-12(2)22-9-7-13(8-10-22)15-4-3-14(11-17(15)20)16-5-6-18(23)21-19(16)24/h3-4,11-13,16H,5-10H2,1-2H3,(H,21,23,24). The number of nitrogens with one attached hydrogen (secondary N) is 1. The molecule has 1 N–H and O–H groups in total. The molecule has 1 aromatic carbocycles. The van der Waals surface area contributed by atoms with E-state index < -0.39 is 0 Å². The molecule has 2 aliphatic heterocycles. The Morgan fingerprint density at radius 3 is 2.46 bits per heavy atom. The van der Waals surface area contributed by atoms with Crippen molar-refractivity contribution in [1.29, 1.82) is 0 Å². The number of piperidine rings is 2. The number of rotatable bonds is 3. The van der Waals surface area contributed by atoms with Gasteiger partial charge >= 0.3 is 0 Å². The summed E-state index contributed by atoms with van der Waals surface area (Å²) in [5.74, 6) is -0.170. The second-order valence-electron chi connectivity index (χ2n) is 7.19. The van der Waals surface area contributed by atoms with E-state index in [0.717, 1.165) is 36.5 Å². The van der Waals surface area contributed by atoms with Gasteiger partial charge in [-0.2, -0.15) is 0 Å². The molecule has 5 heteroatoms. The summed E-state index contributed by atoms with van der Waals surface area (Å²) in [6.45, 7) is 6.69. The molecule has 2 heterocycles. The Labute approximate surface area is 148 Å². The number of amides is 2. The number of likely N-dealkylation sites (tertiary alicyclic amines) is 1. The third kappa shape index (κ3) is 3.65. The fourth-order valence-electron chi connectivity index (χ4n) is 3.83. The van der Waals surface area contributed by atoms with Gasteiger partial charge in [0.15, 0.2) is 0 Å². The number of nitrogens with zero attached hydrogens (tertiary/aromatic N) is 1. The number of hydrogen-bond donors (Lipinski definition) is 1. The third-order valence-electron chi connectivity index (χ3n) is 5.37. The zero-order chi connectivity index (χ0) is 17.3. The molecule has 1 unspecified atom stereocenters. The molecule has 2 aliphatic rings. The van der Waals surface area contributed by atoms with Gasteiger partial charge in [0.05, 0.1) is 5.92 Å². The summed E-state index contributed by atoms with van der Waals surface area (Å²) < 4.78 is 0. The lowest BCUT2D eigenvalue weighted by atomic mass is 9.85. The van der Waals surface area contributed by atoms with Gasteiger partial charge < -0.3 is 4.90 Å². The van der Waals surface area contributed by atoms with Crippen molar-refractivity contribution in [1.82, 2.24) is 10.2 Å². The van der Waals surface area contributed by atoms with Crippen LogP contribution in [0.4, 0.5) is 0 Å². The SMILES string of the molecule is CC(C)N1CCC(c2ccc(C3CCC(=O)NC3=O)cc2Cl)CC1. The lowest BCUT2D eigenvalue weighted by molar-refractivity contribution is -0.134. The van der Waals surface area contributed by atoms with Gasteiger partial charge in [0, 0.05) is 17.5 Å². The van der Waals surface area contributed by atoms with E-state index in [1.54, 1.807) is 0 Å². The van der Waals surface area contributed by atoms with E-state index in [1.165, 1.54) is 5.56 Å². The monoisotopic (exact) mass is 348 g/mol. The average molecular weight is 349 g/mol. The molecule has 0 saturated carbocycles. The minimum atomic E-state index is -0.267. The molecular weight excluding hydrogens is 324 g/mol. The molecule has 4 nitrogen and oxygen atoms in total. The van der Waals surface area contributed by atoms with Gasteiger partial charge in [-0.25, -0.2) is 0 Å². The van der Waals surface area contributed by atoms with Crippen molar-refractivity contribution in [2.45, 2.75) is 57.4 Å². The molecule has 1 atom stereocenters. The highest BCUT2D eigenvalue weighted by Gasteiger charge is 2.29. The number of hydrogen-bond acceptors (Lipinski definition) is 3. The van der Waals surface area contributed by atoms with Gasteiger partial charge in [-0.3, -0.25) is 14.9 Å². The van der Waals surface area contributed by atoms with Crippen LogP contribution in [0.2, 0.25) is 5.02 Å². The molecule has 2 fully saturated rings. The van der Waals surface area contributed by atoms with Gasteiger partial charge in [0.1, 0.15) is 0 Å². The molecule has 2 amide bonds. The fraction of sp³-hybridized carbons (Fsp3) is 0.579. The number of imide groups is 1. The molecule has 24 heavy (non-hydrogen) atoms. The average Bonchev–Trinajstić information content (AvgIpc) is 2.55. The topological polar surface area (TPSA) is 49.4 Å². The molecule has 1 aromatic rings. The molecule has 0 bridgehead atoms. The summed E-state index contributed by atoms with van der Waals surface area (Å²) in [6, 6.07) is 6.61. The molecule has 130 valence electrons. The van der Waals surface area contributed by atoms with Crippen LogP contribution >= 0.6 is 11.6 Å². The van der Waals surface area contributed by atoms with Crippen LogP contribution < -0.4 is 5.32 Å². The number of carbonyl (C=O) groups excluding carboxylic acids is 2. The van der Waals surface area contributed by atoms with Crippen LogP contribution in [-0.2, 0) is 9.59 Å². The van der Waals surface area contributed by atoms with Crippen molar-refractivity contribution in [2.75, 3.05) is 13.1 Å². The smallest absolute Gasteiger partial charge is 0.234 e. The molecule has 0 spiro atoms. The van der Waals surface area contributed by atoms with E-state index in [0.29, 0.717) is 24.8 Å². The van der Waals surface area contributed by atoms with Crippen LogP contribution in [0.5, 0.6) is 0 Å². The Hall–Kier alpha value is -1.39. The van der Waals surface area contributed by atoms with Crippen LogP contribution in [0.3, 0.4) is 0 Å². The lowest BCUT2D eigenvalue weighted by Gasteiger charge is -2.35. The highest BCUT2D eigenvalue weighted by atomic mass is 35.5. The van der Waals surface area contributed by atoms with Crippen LogP contribution in [0, 0.1) is 0 Å². The van der Waals surface area contributed by atoms with Gasteiger partial charge in [0.25, 0.3) is 0 Å². The second kappa shape index (κ2) is 7.24. The second-order valence-corrected chi connectivity index (χ2v) is 7.60. The molecule has 2 saturated heterocycles.